The van der Waals surface area contributed by atoms with Gasteiger partial charge in [-0.1, -0.05) is 35.3 Å². The fourth-order valence-electron chi connectivity index (χ4n) is 3.54. The van der Waals surface area contributed by atoms with Crippen LogP contribution < -0.4 is 15.1 Å². The zero-order valence-corrected chi connectivity index (χ0v) is 17.3. The van der Waals surface area contributed by atoms with Crippen molar-refractivity contribution in [2.24, 2.45) is 0 Å². The Bertz CT molecular complexity index is 871. The summed E-state index contributed by atoms with van der Waals surface area (Å²) in [6.07, 6.45) is 0. The first kappa shape index (κ1) is 20.6. The van der Waals surface area contributed by atoms with Gasteiger partial charge >= 0.3 is 0 Å². The summed E-state index contributed by atoms with van der Waals surface area (Å²) in [5, 5.41) is 12.8. The van der Waals surface area contributed by atoms with Crippen molar-refractivity contribution < 1.29 is 14.6 Å². The largest absolute Gasteiger partial charge is 0.322 e. The average molecular weight is 419 g/mol. The second-order valence-electron chi connectivity index (χ2n) is 7.23. The van der Waals surface area contributed by atoms with Gasteiger partial charge in [0.2, 0.25) is 0 Å². The Balaban J connectivity index is 1.50. The molecule has 2 aromatic carbocycles. The number of rotatable bonds is 5. The van der Waals surface area contributed by atoms with Crippen LogP contribution in [0.25, 0.3) is 0 Å². The Morgan fingerprint density at radius 3 is 2.43 bits per heavy atom. The molecule has 2 aromatic rings. The second kappa shape index (κ2) is 9.40. The van der Waals surface area contributed by atoms with Crippen LogP contribution in [-0.4, -0.2) is 38.1 Å². The Morgan fingerprint density at radius 2 is 1.82 bits per heavy atom. The molecule has 1 amide bonds. The summed E-state index contributed by atoms with van der Waals surface area (Å²) < 4.78 is 0. The van der Waals surface area contributed by atoms with Gasteiger partial charge in [0, 0.05) is 10.6 Å². The van der Waals surface area contributed by atoms with Gasteiger partial charge in [-0.3, -0.25) is 4.79 Å². The van der Waals surface area contributed by atoms with E-state index >= 15 is 0 Å². The molecule has 1 saturated heterocycles. The number of nitriles is 1. The maximum Gasteiger partial charge on any atom is 0.282 e. The topological polar surface area (TPSA) is 61.8 Å². The number of carbonyl (C=O) groups excluding carboxylic acids is 1. The van der Waals surface area contributed by atoms with Crippen molar-refractivity contribution in [3.63, 3.8) is 0 Å². The quantitative estimate of drug-likeness (QED) is 0.682. The summed E-state index contributed by atoms with van der Waals surface area (Å²) in [5.41, 5.74) is 2.52. The number of hydrogen-bond acceptors (Lipinski definition) is 2. The van der Waals surface area contributed by atoms with Crippen molar-refractivity contribution in [3.05, 3.63) is 63.6 Å². The summed E-state index contributed by atoms with van der Waals surface area (Å²) in [7, 11) is 0. The molecule has 3 rings (SSSR count). The highest BCUT2D eigenvalue weighted by molar-refractivity contribution is 6.36. The van der Waals surface area contributed by atoms with Gasteiger partial charge in [0.15, 0.2) is 6.04 Å². The van der Waals surface area contributed by atoms with Gasteiger partial charge in [-0.05, 0) is 37.3 Å². The number of anilines is 1. The standard InChI is InChI=1S/C21H22Cl2N4O/c1-15(21(28)25-20-7-6-18(22)12-19(20)23)27-10-8-26(9-11-27)14-17-4-2-16(13-24)3-5-17/h2-7,12,15H,8-11,14H2,1H3,(H,25,28)/p+2/t15-/m1/s1. The molecular formula is C21H24Cl2N4O+2. The maximum absolute atomic E-state index is 12.6. The summed E-state index contributed by atoms with van der Waals surface area (Å²) in [5.74, 6) is -0.0326. The summed E-state index contributed by atoms with van der Waals surface area (Å²) >= 11 is 12.1. The van der Waals surface area contributed by atoms with E-state index in [0.29, 0.717) is 21.3 Å². The molecule has 0 radical (unpaired) electrons. The molecule has 28 heavy (non-hydrogen) atoms. The van der Waals surface area contributed by atoms with Gasteiger partial charge in [0.25, 0.3) is 5.91 Å². The molecule has 7 heteroatoms. The van der Waals surface area contributed by atoms with Crippen molar-refractivity contribution in [2.45, 2.75) is 19.5 Å². The van der Waals surface area contributed by atoms with Gasteiger partial charge in [-0.25, -0.2) is 0 Å². The molecule has 1 aliphatic heterocycles. The molecule has 0 unspecified atom stereocenters. The molecule has 0 spiro atoms. The lowest BCUT2D eigenvalue weighted by atomic mass is 10.1. The molecule has 5 nitrogen and oxygen atoms in total. The van der Waals surface area contributed by atoms with Gasteiger partial charge in [0.1, 0.15) is 32.7 Å². The number of amides is 1. The Hall–Kier alpha value is -2.10. The lowest BCUT2D eigenvalue weighted by molar-refractivity contribution is -1.02. The third-order valence-electron chi connectivity index (χ3n) is 5.33. The van der Waals surface area contributed by atoms with E-state index in [2.05, 4.69) is 11.4 Å². The summed E-state index contributed by atoms with van der Waals surface area (Å²) in [6.45, 7) is 6.80. The Labute approximate surface area is 175 Å². The third-order valence-corrected chi connectivity index (χ3v) is 5.88. The lowest BCUT2D eigenvalue weighted by Crippen LogP contribution is -3.29. The first-order valence-corrected chi connectivity index (χ1v) is 10.1. The maximum atomic E-state index is 12.6. The minimum absolute atomic E-state index is 0.0326. The third kappa shape index (κ3) is 5.24. The number of hydrogen-bond donors (Lipinski definition) is 3. The number of piperazine rings is 1. The van der Waals surface area contributed by atoms with Crippen LogP contribution in [0.1, 0.15) is 18.1 Å². The van der Waals surface area contributed by atoms with Crippen molar-refractivity contribution in [3.8, 4) is 6.07 Å². The molecule has 1 fully saturated rings. The van der Waals surface area contributed by atoms with E-state index in [1.165, 1.54) is 15.4 Å². The van der Waals surface area contributed by atoms with Crippen molar-refractivity contribution >= 4 is 34.8 Å². The Morgan fingerprint density at radius 1 is 1.14 bits per heavy atom. The van der Waals surface area contributed by atoms with Gasteiger partial charge in [0.05, 0.1) is 22.3 Å². The fraction of sp³-hybridized carbons (Fsp3) is 0.333. The van der Waals surface area contributed by atoms with Crippen LogP contribution in [0.3, 0.4) is 0 Å². The van der Waals surface area contributed by atoms with E-state index in [9.17, 15) is 4.79 Å². The molecule has 146 valence electrons. The fourth-order valence-corrected chi connectivity index (χ4v) is 3.99. The average Bonchev–Trinajstić information content (AvgIpc) is 2.70. The van der Waals surface area contributed by atoms with Crippen LogP contribution >= 0.6 is 23.2 Å². The predicted molar refractivity (Wildman–Crippen MR) is 111 cm³/mol. The zero-order chi connectivity index (χ0) is 20.1. The zero-order valence-electron chi connectivity index (χ0n) is 15.8. The number of carbonyl (C=O) groups is 1. The van der Waals surface area contributed by atoms with Gasteiger partial charge < -0.3 is 15.1 Å². The van der Waals surface area contributed by atoms with Crippen LogP contribution in [0, 0.1) is 11.3 Å². The molecular weight excluding hydrogens is 395 g/mol. The van der Waals surface area contributed by atoms with Crippen LogP contribution in [0.2, 0.25) is 10.0 Å². The SMILES string of the molecule is C[C@H](C(=O)Nc1ccc(Cl)cc1Cl)[NH+]1CC[NH+](Cc2ccc(C#N)cc2)CC1. The lowest BCUT2D eigenvalue weighted by Gasteiger charge is -2.32. The normalized spacial score (nSPS) is 20.2. The van der Waals surface area contributed by atoms with Crippen LogP contribution in [0.15, 0.2) is 42.5 Å². The number of halogens is 2. The summed E-state index contributed by atoms with van der Waals surface area (Å²) in [4.78, 5) is 15.4. The van der Waals surface area contributed by atoms with Crippen molar-refractivity contribution in [1.29, 1.82) is 5.26 Å². The number of benzene rings is 2. The number of quaternary nitrogens is 2. The highest BCUT2D eigenvalue weighted by Gasteiger charge is 2.31. The van der Waals surface area contributed by atoms with E-state index in [0.717, 1.165) is 32.7 Å². The molecule has 1 heterocycles. The monoisotopic (exact) mass is 418 g/mol. The van der Waals surface area contributed by atoms with Gasteiger partial charge in [-0.15, -0.1) is 0 Å². The number of nitrogens with one attached hydrogen (secondary N) is 3. The Kier molecular flexibility index (Phi) is 6.93. The van der Waals surface area contributed by atoms with Crippen LogP contribution in [-0.2, 0) is 11.3 Å². The minimum Gasteiger partial charge on any atom is -0.322 e. The minimum atomic E-state index is -0.150. The second-order valence-corrected chi connectivity index (χ2v) is 8.07. The first-order chi connectivity index (χ1) is 13.5. The van der Waals surface area contributed by atoms with E-state index in [-0.39, 0.29) is 11.9 Å². The molecule has 0 aromatic heterocycles. The van der Waals surface area contributed by atoms with E-state index in [4.69, 9.17) is 28.5 Å². The first-order valence-electron chi connectivity index (χ1n) is 9.39. The molecule has 1 aliphatic rings. The van der Waals surface area contributed by atoms with E-state index < -0.39 is 0 Å². The molecule has 0 saturated carbocycles. The molecule has 1 atom stereocenters. The van der Waals surface area contributed by atoms with Crippen molar-refractivity contribution in [2.75, 3.05) is 31.5 Å². The number of nitrogens with zero attached hydrogens (tertiary/aromatic N) is 1. The van der Waals surface area contributed by atoms with E-state index in [1.807, 2.05) is 31.2 Å². The molecule has 0 aliphatic carbocycles. The van der Waals surface area contributed by atoms with Crippen LogP contribution in [0.5, 0.6) is 0 Å². The smallest absolute Gasteiger partial charge is 0.282 e. The van der Waals surface area contributed by atoms with Crippen LogP contribution in [0.4, 0.5) is 5.69 Å². The highest BCUT2D eigenvalue weighted by atomic mass is 35.5. The van der Waals surface area contributed by atoms with Crippen molar-refractivity contribution in [1.82, 2.24) is 0 Å². The molecule has 0 bridgehead atoms. The van der Waals surface area contributed by atoms with Gasteiger partial charge in [-0.2, -0.15) is 5.26 Å². The highest BCUT2D eigenvalue weighted by Crippen LogP contribution is 2.25. The molecule has 3 N–H and O–H groups in total. The predicted octanol–water partition coefficient (Wildman–Crippen LogP) is 1.18. The van der Waals surface area contributed by atoms with E-state index in [1.54, 1.807) is 18.2 Å². The summed E-state index contributed by atoms with van der Waals surface area (Å²) in [6, 6.07) is 14.8.